The molecular weight excluding hydrogens is 374 g/mol. The fourth-order valence-corrected chi connectivity index (χ4v) is 4.31. The van der Waals surface area contributed by atoms with Gasteiger partial charge in [-0.3, -0.25) is 4.79 Å². The first-order chi connectivity index (χ1) is 12.9. The molecule has 0 bridgehead atoms. The summed E-state index contributed by atoms with van der Waals surface area (Å²) in [7, 11) is 1.28. The van der Waals surface area contributed by atoms with Crippen molar-refractivity contribution < 1.29 is 32.7 Å². The van der Waals surface area contributed by atoms with E-state index in [4.69, 9.17) is 13.6 Å². The van der Waals surface area contributed by atoms with Gasteiger partial charge in [-0.05, 0) is 25.1 Å². The average Bonchev–Trinajstić information content (AvgIpc) is 3.37. The van der Waals surface area contributed by atoms with Crippen LogP contribution in [0.15, 0.2) is 33.3 Å². The van der Waals surface area contributed by atoms with Crippen molar-refractivity contribution in [3.05, 3.63) is 47.3 Å². The Morgan fingerprint density at radius 2 is 2.15 bits per heavy atom. The summed E-state index contributed by atoms with van der Waals surface area (Å²) in [4.78, 5) is 37.7. The summed E-state index contributed by atoms with van der Waals surface area (Å²) in [5.74, 6) is 0.399. The lowest BCUT2D eigenvalue weighted by atomic mass is 10.2. The van der Waals surface area contributed by atoms with Crippen LogP contribution in [0.2, 0.25) is 0 Å². The minimum atomic E-state index is -0.723. The second kappa shape index (κ2) is 7.91. The number of rotatable bonds is 5. The molecule has 1 aliphatic heterocycles. The smallest absolute Gasteiger partial charge is 0.341 e. The summed E-state index contributed by atoms with van der Waals surface area (Å²) in [6.07, 6.45) is 1.53. The summed E-state index contributed by atoms with van der Waals surface area (Å²) in [6, 6.07) is 4.25. The van der Waals surface area contributed by atoms with E-state index in [-0.39, 0.29) is 23.5 Å². The molecule has 1 amide bonds. The van der Waals surface area contributed by atoms with E-state index in [0.717, 1.165) is 0 Å². The topological polar surface area (TPSA) is 99.2 Å². The highest BCUT2D eigenvalue weighted by atomic mass is 32.2. The number of thioether (sulfide) groups is 1. The van der Waals surface area contributed by atoms with Crippen LogP contribution >= 0.6 is 11.8 Å². The first-order valence-electron chi connectivity index (χ1n) is 8.20. The molecule has 144 valence electrons. The highest BCUT2D eigenvalue weighted by Crippen LogP contribution is 2.41. The van der Waals surface area contributed by atoms with Gasteiger partial charge in [0.1, 0.15) is 40.9 Å². The van der Waals surface area contributed by atoms with E-state index >= 15 is 0 Å². The van der Waals surface area contributed by atoms with Gasteiger partial charge < -0.3 is 23.2 Å². The third-order valence-electron chi connectivity index (χ3n) is 4.15. The Hall–Kier alpha value is -2.68. The van der Waals surface area contributed by atoms with E-state index in [0.29, 0.717) is 23.0 Å². The maximum absolute atomic E-state index is 12.5. The van der Waals surface area contributed by atoms with Crippen molar-refractivity contribution in [3.8, 4) is 0 Å². The molecule has 2 atom stereocenters. The number of methoxy groups -OCH3 is 1. The Kier molecular flexibility index (Phi) is 5.59. The number of carbonyl (C=O) groups excluding carboxylic acids is 3. The molecule has 1 saturated heterocycles. The molecule has 3 heterocycles. The van der Waals surface area contributed by atoms with Gasteiger partial charge in [-0.15, -0.1) is 11.8 Å². The van der Waals surface area contributed by atoms with E-state index in [1.54, 1.807) is 19.1 Å². The number of esters is 2. The second-order valence-electron chi connectivity index (χ2n) is 5.93. The molecule has 0 aliphatic carbocycles. The zero-order valence-corrected chi connectivity index (χ0v) is 15.9. The van der Waals surface area contributed by atoms with Crippen LogP contribution in [0.3, 0.4) is 0 Å². The second-order valence-corrected chi connectivity index (χ2v) is 7.04. The van der Waals surface area contributed by atoms with Crippen LogP contribution in [0.1, 0.15) is 39.9 Å². The van der Waals surface area contributed by atoms with Gasteiger partial charge in [-0.1, -0.05) is 0 Å². The molecule has 1 aliphatic rings. The largest absolute Gasteiger partial charge is 0.466 e. The van der Waals surface area contributed by atoms with Crippen LogP contribution < -0.4 is 0 Å². The van der Waals surface area contributed by atoms with Gasteiger partial charge >= 0.3 is 11.9 Å². The van der Waals surface area contributed by atoms with Crippen LogP contribution in [-0.2, 0) is 25.7 Å². The van der Waals surface area contributed by atoms with Crippen molar-refractivity contribution in [2.45, 2.75) is 31.9 Å². The Morgan fingerprint density at radius 3 is 2.78 bits per heavy atom. The molecule has 0 saturated carbocycles. The molecule has 3 rings (SSSR count). The molecule has 9 heteroatoms. The van der Waals surface area contributed by atoms with Gasteiger partial charge in [-0.2, -0.15) is 0 Å². The average molecular weight is 393 g/mol. The first-order valence-corrected chi connectivity index (χ1v) is 9.25. The van der Waals surface area contributed by atoms with Gasteiger partial charge in [-0.25, -0.2) is 9.59 Å². The number of nitrogens with zero attached hydrogens (tertiary/aromatic N) is 1. The molecule has 8 nitrogen and oxygen atoms in total. The molecule has 0 N–H and O–H groups in total. The summed E-state index contributed by atoms with van der Waals surface area (Å²) in [5, 5.41) is -0.369. The molecule has 0 spiro atoms. The molecular formula is C18H19NO7S. The molecule has 27 heavy (non-hydrogen) atoms. The molecule has 2 aromatic heterocycles. The van der Waals surface area contributed by atoms with E-state index in [1.807, 2.05) is 0 Å². The predicted molar refractivity (Wildman–Crippen MR) is 94.8 cm³/mol. The Balaban J connectivity index is 1.67. The summed E-state index contributed by atoms with van der Waals surface area (Å²) in [6.45, 7) is 2.88. The lowest BCUT2D eigenvalue weighted by molar-refractivity contribution is -0.155. The number of hydrogen-bond donors (Lipinski definition) is 0. The van der Waals surface area contributed by atoms with Crippen LogP contribution in [-0.4, -0.2) is 41.7 Å². The third kappa shape index (κ3) is 3.87. The summed E-state index contributed by atoms with van der Waals surface area (Å²) >= 11 is 1.43. The zero-order valence-electron chi connectivity index (χ0n) is 15.1. The highest BCUT2D eigenvalue weighted by Gasteiger charge is 2.43. The fraction of sp³-hybridized carbons (Fsp3) is 0.389. The lowest BCUT2D eigenvalue weighted by Gasteiger charge is -2.25. The minimum absolute atomic E-state index is 0.144. The monoisotopic (exact) mass is 393 g/mol. The van der Waals surface area contributed by atoms with Gasteiger partial charge in [0.2, 0.25) is 5.91 Å². The maximum Gasteiger partial charge on any atom is 0.341 e. The Bertz CT molecular complexity index is 842. The minimum Gasteiger partial charge on any atom is -0.466 e. The maximum atomic E-state index is 12.5. The SMILES string of the molecule is COC(=O)c1cc(COC(=O)[C@@H]2CS[C@H](c3ccco3)N2C(C)=O)oc1C. The number of carbonyl (C=O) groups is 3. The Labute approximate surface area is 159 Å². The van der Waals surface area contributed by atoms with E-state index in [1.165, 1.54) is 43.0 Å². The van der Waals surface area contributed by atoms with Crippen molar-refractivity contribution in [2.24, 2.45) is 0 Å². The lowest BCUT2D eigenvalue weighted by Crippen LogP contribution is -2.42. The van der Waals surface area contributed by atoms with Crippen molar-refractivity contribution >= 4 is 29.6 Å². The third-order valence-corrected chi connectivity index (χ3v) is 5.44. The Morgan fingerprint density at radius 1 is 1.37 bits per heavy atom. The quantitative estimate of drug-likeness (QED) is 0.715. The van der Waals surface area contributed by atoms with Crippen LogP contribution in [0.25, 0.3) is 0 Å². The van der Waals surface area contributed by atoms with Gasteiger partial charge in [0.25, 0.3) is 0 Å². The molecule has 0 unspecified atom stereocenters. The van der Waals surface area contributed by atoms with E-state index < -0.39 is 18.0 Å². The normalized spacial score (nSPS) is 19.1. The van der Waals surface area contributed by atoms with Gasteiger partial charge in [0, 0.05) is 12.7 Å². The highest BCUT2D eigenvalue weighted by molar-refractivity contribution is 7.99. The predicted octanol–water partition coefficient (Wildman–Crippen LogP) is 2.67. The van der Waals surface area contributed by atoms with Crippen molar-refractivity contribution in [3.63, 3.8) is 0 Å². The summed E-state index contributed by atoms with van der Waals surface area (Å²) in [5.41, 5.74) is 0.281. The van der Waals surface area contributed by atoms with Crippen molar-refractivity contribution in [1.82, 2.24) is 4.90 Å². The molecule has 0 aromatic carbocycles. The standard InChI is InChI=1S/C18H19NO7S/c1-10-13(17(21)23-3)7-12(26-10)8-25-18(22)14-9-27-16(19(14)11(2)20)15-5-4-6-24-15/h4-7,14,16H,8-9H2,1-3H3/t14-,16+/m0/s1. The zero-order chi connectivity index (χ0) is 19.6. The van der Waals surface area contributed by atoms with Crippen molar-refractivity contribution in [2.75, 3.05) is 12.9 Å². The molecule has 2 aromatic rings. The molecule has 0 radical (unpaired) electrons. The fourth-order valence-electron chi connectivity index (χ4n) is 2.89. The van der Waals surface area contributed by atoms with Crippen LogP contribution in [0, 0.1) is 6.92 Å². The van der Waals surface area contributed by atoms with Crippen molar-refractivity contribution in [1.29, 1.82) is 0 Å². The van der Waals surface area contributed by atoms with Gasteiger partial charge in [0.15, 0.2) is 0 Å². The van der Waals surface area contributed by atoms with Crippen LogP contribution in [0.5, 0.6) is 0 Å². The first kappa shape index (κ1) is 19.1. The van der Waals surface area contributed by atoms with E-state index in [2.05, 4.69) is 4.74 Å². The number of aryl methyl sites for hydroxylation is 1. The summed E-state index contributed by atoms with van der Waals surface area (Å²) < 4.78 is 20.8. The number of amides is 1. The van der Waals surface area contributed by atoms with Crippen LogP contribution in [0.4, 0.5) is 0 Å². The number of ether oxygens (including phenoxy) is 2. The molecule has 1 fully saturated rings. The van der Waals surface area contributed by atoms with Gasteiger partial charge in [0.05, 0.1) is 13.4 Å². The number of hydrogen-bond acceptors (Lipinski definition) is 8. The van der Waals surface area contributed by atoms with E-state index in [9.17, 15) is 14.4 Å². The number of furan rings is 2.